The lowest BCUT2D eigenvalue weighted by molar-refractivity contribution is -0.659. The quantitative estimate of drug-likeness (QED) is 0.194. The molecule has 0 bridgehead atoms. The summed E-state index contributed by atoms with van der Waals surface area (Å²) in [5.74, 6) is -0.688. The summed E-state index contributed by atoms with van der Waals surface area (Å²) in [4.78, 5) is 4.53. The fraction of sp³-hybridized carbons (Fsp3) is 0.167. The zero-order valence-electron chi connectivity index (χ0n) is 21.0. The van der Waals surface area contributed by atoms with E-state index >= 15 is 4.39 Å². The van der Waals surface area contributed by atoms with Gasteiger partial charge in [0, 0.05) is 29.7 Å². The molecule has 5 heterocycles. The van der Waals surface area contributed by atoms with Crippen molar-refractivity contribution in [3.8, 4) is 28.1 Å². The standard InChI is InChI=1S/C24H16ClF5N12/c25-16-2-4-19(42-12-32-36-38-42)21(22(16)26)13-1-3-17(31-5-13)20(11-39-8-15(7-33-39)23(27)28)40-9-14(6-34-40)18-10-41(24(29)30)37-35-18/h1-10,12,20,23-24H,11H2/p+1/t20-/m0/s1. The van der Waals surface area contributed by atoms with Crippen LogP contribution in [0.3, 0.4) is 0 Å². The fourth-order valence-corrected chi connectivity index (χ4v) is 4.44. The van der Waals surface area contributed by atoms with Gasteiger partial charge in [0.15, 0.2) is 11.0 Å². The molecule has 1 aromatic carbocycles. The predicted octanol–water partition coefficient (Wildman–Crippen LogP) is 4.21. The van der Waals surface area contributed by atoms with E-state index in [1.54, 1.807) is 18.2 Å². The summed E-state index contributed by atoms with van der Waals surface area (Å²) in [7, 11) is 0. The van der Waals surface area contributed by atoms with Crippen LogP contribution in [0.5, 0.6) is 0 Å². The molecule has 12 nitrogen and oxygen atoms in total. The van der Waals surface area contributed by atoms with Gasteiger partial charge in [-0.3, -0.25) is 14.3 Å². The summed E-state index contributed by atoms with van der Waals surface area (Å²) < 4.78 is 72.2. The van der Waals surface area contributed by atoms with Gasteiger partial charge in [0.2, 0.25) is 0 Å². The van der Waals surface area contributed by atoms with Gasteiger partial charge in [-0.1, -0.05) is 28.1 Å². The van der Waals surface area contributed by atoms with Crippen LogP contribution < -0.4 is 4.68 Å². The SMILES string of the molecule is Fc1c(Cl)ccc(-[n+]2cnn[nH]2)c1-c1ccc([C@H](Cn2cc(C(F)F)cn2)n2cc(-c3cn(C(F)F)nn3)cn2)nc1. The van der Waals surface area contributed by atoms with Crippen molar-refractivity contribution >= 4 is 11.6 Å². The Labute approximate surface area is 237 Å². The average Bonchev–Trinajstić information content (AvgIpc) is 3.80. The summed E-state index contributed by atoms with van der Waals surface area (Å²) in [5.41, 5.74) is 1.56. The molecule has 1 N–H and O–H groups in total. The maximum absolute atomic E-state index is 15.3. The molecule has 5 aromatic heterocycles. The van der Waals surface area contributed by atoms with Gasteiger partial charge >= 0.3 is 6.55 Å². The van der Waals surface area contributed by atoms with E-state index in [-0.39, 0.29) is 28.4 Å². The van der Waals surface area contributed by atoms with Crippen molar-refractivity contribution in [3.63, 3.8) is 0 Å². The first kappa shape index (κ1) is 27.1. The topological polar surface area (TPSA) is 125 Å². The largest absolute Gasteiger partial charge is 0.334 e. The van der Waals surface area contributed by atoms with Gasteiger partial charge < -0.3 is 0 Å². The lowest BCUT2D eigenvalue weighted by Crippen LogP contribution is -2.33. The first-order valence-electron chi connectivity index (χ1n) is 12.1. The van der Waals surface area contributed by atoms with Gasteiger partial charge in [-0.25, -0.2) is 13.2 Å². The number of rotatable bonds is 9. The Morgan fingerprint density at radius 3 is 2.45 bits per heavy atom. The van der Waals surface area contributed by atoms with Crippen molar-refractivity contribution in [3.05, 3.63) is 89.9 Å². The Hall–Kier alpha value is -5.06. The Kier molecular flexibility index (Phi) is 7.15. The molecule has 0 aliphatic carbocycles. The molecule has 0 fully saturated rings. The second kappa shape index (κ2) is 11.1. The molecule has 6 aromatic rings. The minimum atomic E-state index is -2.87. The second-order valence-electron chi connectivity index (χ2n) is 8.91. The number of aromatic amines is 1. The maximum Gasteiger partial charge on any atom is 0.334 e. The van der Waals surface area contributed by atoms with Crippen molar-refractivity contribution in [2.75, 3.05) is 0 Å². The van der Waals surface area contributed by atoms with Crippen molar-refractivity contribution < 1.29 is 26.6 Å². The number of pyridine rings is 1. The van der Waals surface area contributed by atoms with Crippen LogP contribution in [-0.4, -0.2) is 55.1 Å². The van der Waals surface area contributed by atoms with E-state index in [0.717, 1.165) is 12.4 Å². The van der Waals surface area contributed by atoms with Gasteiger partial charge in [-0.2, -0.15) is 23.7 Å². The van der Waals surface area contributed by atoms with Crippen LogP contribution in [0.15, 0.2) is 67.8 Å². The van der Waals surface area contributed by atoms with Crippen molar-refractivity contribution in [1.82, 2.24) is 55.1 Å². The van der Waals surface area contributed by atoms with Crippen LogP contribution in [0, 0.1) is 5.82 Å². The summed E-state index contributed by atoms with van der Waals surface area (Å²) in [6.07, 6.45) is 6.34. The summed E-state index contributed by atoms with van der Waals surface area (Å²) in [5, 5.41) is 25.4. The van der Waals surface area contributed by atoms with Crippen LogP contribution in [0.1, 0.15) is 30.3 Å². The highest BCUT2D eigenvalue weighted by Crippen LogP contribution is 2.32. The lowest BCUT2D eigenvalue weighted by atomic mass is 10.0. The number of nitrogens with one attached hydrogen (secondary N) is 1. The third-order valence-corrected chi connectivity index (χ3v) is 6.61. The summed E-state index contributed by atoms with van der Waals surface area (Å²) >= 11 is 6.07. The number of hydrogen-bond donors (Lipinski definition) is 1. The number of halogens is 6. The molecule has 42 heavy (non-hydrogen) atoms. The highest BCUT2D eigenvalue weighted by molar-refractivity contribution is 6.31. The molecule has 0 radical (unpaired) electrons. The number of benzene rings is 1. The molecule has 0 saturated heterocycles. The summed E-state index contributed by atoms with van der Waals surface area (Å²) in [6.45, 7) is -2.84. The van der Waals surface area contributed by atoms with E-state index in [2.05, 4.69) is 41.0 Å². The lowest BCUT2D eigenvalue weighted by Gasteiger charge is -2.18. The third kappa shape index (κ3) is 5.20. The van der Waals surface area contributed by atoms with Crippen LogP contribution in [0.25, 0.3) is 28.1 Å². The van der Waals surface area contributed by atoms with E-state index in [0.29, 0.717) is 27.2 Å². The highest BCUT2D eigenvalue weighted by Gasteiger charge is 2.23. The predicted molar refractivity (Wildman–Crippen MR) is 134 cm³/mol. The minimum Gasteiger partial charge on any atom is -0.270 e. The van der Waals surface area contributed by atoms with Crippen LogP contribution in [0.2, 0.25) is 5.02 Å². The molecule has 0 spiro atoms. The first-order chi connectivity index (χ1) is 20.3. The monoisotopic (exact) mass is 603 g/mol. The van der Waals surface area contributed by atoms with E-state index in [4.69, 9.17) is 11.6 Å². The first-order valence-corrected chi connectivity index (χ1v) is 12.4. The Balaban J connectivity index is 1.38. The van der Waals surface area contributed by atoms with Crippen molar-refractivity contribution in [2.24, 2.45) is 0 Å². The van der Waals surface area contributed by atoms with Gasteiger partial charge in [-0.15, -0.1) is 9.78 Å². The van der Waals surface area contributed by atoms with Gasteiger partial charge in [0.25, 0.3) is 12.8 Å². The molecule has 0 amide bonds. The molecule has 6 rings (SSSR count). The van der Waals surface area contributed by atoms with E-state index in [9.17, 15) is 17.6 Å². The number of alkyl halides is 4. The number of H-pyrrole nitrogens is 1. The minimum absolute atomic E-state index is 0.0242. The third-order valence-electron chi connectivity index (χ3n) is 6.32. The molecule has 18 heteroatoms. The van der Waals surface area contributed by atoms with Crippen molar-refractivity contribution in [1.29, 1.82) is 0 Å². The summed E-state index contributed by atoms with van der Waals surface area (Å²) in [6, 6.07) is 5.51. The molecular weight excluding hydrogens is 587 g/mol. The molecular formula is C24H17ClF5N12+. The van der Waals surface area contributed by atoms with E-state index in [1.807, 2.05) is 0 Å². The molecule has 1 atom stereocenters. The fourth-order valence-electron chi connectivity index (χ4n) is 4.29. The molecule has 0 aliphatic rings. The Bertz CT molecular complexity index is 1810. The van der Waals surface area contributed by atoms with E-state index < -0.39 is 24.8 Å². The van der Waals surface area contributed by atoms with Gasteiger partial charge in [0.1, 0.15) is 22.5 Å². The molecule has 0 saturated carbocycles. The molecule has 214 valence electrons. The number of tetrazole rings is 1. The van der Waals surface area contributed by atoms with E-state index in [1.165, 1.54) is 51.2 Å². The number of nitrogens with zero attached hydrogens (tertiary/aromatic N) is 11. The zero-order valence-corrected chi connectivity index (χ0v) is 21.7. The molecule has 0 aliphatic heterocycles. The van der Waals surface area contributed by atoms with Gasteiger partial charge in [0.05, 0.1) is 47.0 Å². The van der Waals surface area contributed by atoms with Crippen LogP contribution in [-0.2, 0) is 6.54 Å². The second-order valence-corrected chi connectivity index (χ2v) is 9.32. The average molecular weight is 604 g/mol. The Morgan fingerprint density at radius 2 is 1.79 bits per heavy atom. The number of hydrogen-bond acceptors (Lipinski definition) is 7. The van der Waals surface area contributed by atoms with Crippen LogP contribution >= 0.6 is 11.6 Å². The number of aromatic nitrogens is 12. The zero-order chi connectivity index (χ0) is 29.4. The smallest absolute Gasteiger partial charge is 0.270 e. The molecule has 0 unspecified atom stereocenters. The maximum atomic E-state index is 15.3. The Morgan fingerprint density at radius 1 is 0.929 bits per heavy atom. The van der Waals surface area contributed by atoms with Crippen molar-refractivity contribution in [2.45, 2.75) is 25.6 Å². The normalized spacial score (nSPS) is 12.5. The van der Waals surface area contributed by atoms with Gasteiger partial charge in [-0.05, 0) is 18.2 Å². The van der Waals surface area contributed by atoms with Crippen LogP contribution in [0.4, 0.5) is 22.0 Å². The highest BCUT2D eigenvalue weighted by atomic mass is 35.5.